The van der Waals surface area contributed by atoms with Crippen molar-refractivity contribution in [2.75, 3.05) is 19.0 Å². The summed E-state index contributed by atoms with van der Waals surface area (Å²) in [6.07, 6.45) is 6.36. The van der Waals surface area contributed by atoms with Crippen LogP contribution in [0.3, 0.4) is 0 Å². The minimum Gasteiger partial charge on any atom is -0.465 e. The molecule has 0 fully saturated rings. The number of rotatable bonds is 6. The van der Waals surface area contributed by atoms with Crippen LogP contribution in [0.5, 0.6) is 0 Å². The minimum atomic E-state index is -0.283. The number of anilines is 1. The quantitative estimate of drug-likeness (QED) is 0.319. The van der Waals surface area contributed by atoms with Gasteiger partial charge < -0.3 is 15.4 Å². The zero-order valence-corrected chi connectivity index (χ0v) is 18.4. The largest absolute Gasteiger partial charge is 0.465 e. The highest BCUT2D eigenvalue weighted by Crippen LogP contribution is 2.37. The summed E-state index contributed by atoms with van der Waals surface area (Å²) in [5.41, 5.74) is 4.01. The van der Waals surface area contributed by atoms with E-state index in [1.807, 2.05) is 11.6 Å². The average molecular weight is 421 g/mol. The number of nitrogens with one attached hydrogen (secondary N) is 2. The van der Waals surface area contributed by atoms with Crippen molar-refractivity contribution in [2.45, 2.75) is 58.9 Å². The molecule has 0 spiro atoms. The Morgan fingerprint density at radius 2 is 2.11 bits per heavy atom. The summed E-state index contributed by atoms with van der Waals surface area (Å²) >= 11 is 7.09. The Kier molecular flexibility index (Phi) is 7.07. The molecule has 0 atom stereocenters. The number of carbonyl (C=O) groups excluding carboxylic acids is 1. The van der Waals surface area contributed by atoms with Crippen LogP contribution in [-0.2, 0) is 24.1 Å². The van der Waals surface area contributed by atoms with Gasteiger partial charge in [0.25, 0.3) is 0 Å². The van der Waals surface area contributed by atoms with Gasteiger partial charge in [-0.05, 0) is 69.8 Å². The van der Waals surface area contributed by atoms with Crippen molar-refractivity contribution in [3.05, 3.63) is 33.5 Å². The van der Waals surface area contributed by atoms with Crippen LogP contribution in [0.25, 0.3) is 0 Å². The smallest absolute Gasteiger partial charge is 0.341 e. The Balaban J connectivity index is 1.59. The fourth-order valence-electron chi connectivity index (χ4n) is 3.63. The molecule has 0 aromatic carbocycles. The van der Waals surface area contributed by atoms with Crippen LogP contribution in [0, 0.1) is 13.8 Å². The van der Waals surface area contributed by atoms with Gasteiger partial charge in [0.15, 0.2) is 5.11 Å². The number of methoxy groups -OCH3 is 1. The molecular weight excluding hydrogens is 392 g/mol. The van der Waals surface area contributed by atoms with E-state index in [0.717, 1.165) is 55.0 Å². The van der Waals surface area contributed by atoms with Crippen molar-refractivity contribution < 1.29 is 9.53 Å². The molecule has 0 amide bonds. The molecule has 0 unspecified atom stereocenters. The lowest BCUT2D eigenvalue weighted by molar-refractivity contribution is 0.0601. The number of aromatic nitrogens is 2. The number of carbonyl (C=O) groups is 1. The number of fused-ring (bicyclic) bond motifs is 1. The number of hydrogen-bond acceptors (Lipinski definition) is 5. The van der Waals surface area contributed by atoms with Crippen molar-refractivity contribution in [3.8, 4) is 0 Å². The first-order valence-corrected chi connectivity index (χ1v) is 11.0. The molecular formula is C20H28N4O2S2. The second-order valence-corrected chi connectivity index (χ2v) is 8.66. The van der Waals surface area contributed by atoms with Crippen molar-refractivity contribution in [1.29, 1.82) is 0 Å². The first-order chi connectivity index (χ1) is 13.5. The fraction of sp³-hybridized carbons (Fsp3) is 0.550. The standard InChI is InChI=1S/C20H28N4O2S2/c1-13-12-14(2)24(23-13)11-7-10-21-20(27)22-18-17(19(25)26-3)15-8-5-4-6-9-16(15)28-18/h12H,4-11H2,1-3H3,(H2,21,22,27). The molecule has 2 aromatic rings. The van der Waals surface area contributed by atoms with E-state index in [1.165, 1.54) is 30.5 Å². The fourth-order valence-corrected chi connectivity index (χ4v) is 5.18. The first-order valence-electron chi connectivity index (χ1n) is 9.78. The van der Waals surface area contributed by atoms with E-state index in [1.54, 1.807) is 11.3 Å². The summed E-state index contributed by atoms with van der Waals surface area (Å²) in [6.45, 7) is 5.65. The maximum atomic E-state index is 12.4. The zero-order valence-electron chi connectivity index (χ0n) is 16.8. The molecule has 0 saturated carbocycles. The van der Waals surface area contributed by atoms with E-state index in [4.69, 9.17) is 17.0 Å². The van der Waals surface area contributed by atoms with Crippen LogP contribution >= 0.6 is 23.6 Å². The first kappa shape index (κ1) is 20.8. The molecule has 8 heteroatoms. The van der Waals surface area contributed by atoms with Gasteiger partial charge in [0.05, 0.1) is 18.4 Å². The highest BCUT2D eigenvalue weighted by Gasteiger charge is 2.25. The van der Waals surface area contributed by atoms with E-state index >= 15 is 0 Å². The lowest BCUT2D eigenvalue weighted by Gasteiger charge is -2.11. The van der Waals surface area contributed by atoms with Crippen LogP contribution in [0.1, 0.15) is 57.9 Å². The molecule has 0 bridgehead atoms. The molecule has 2 N–H and O–H groups in total. The van der Waals surface area contributed by atoms with E-state index in [2.05, 4.69) is 28.7 Å². The van der Waals surface area contributed by atoms with Gasteiger partial charge in [-0.15, -0.1) is 11.3 Å². The van der Waals surface area contributed by atoms with Gasteiger partial charge in [0.1, 0.15) is 5.00 Å². The molecule has 2 aromatic heterocycles. The number of thiophene rings is 1. The molecule has 0 aliphatic heterocycles. The van der Waals surface area contributed by atoms with Crippen LogP contribution < -0.4 is 10.6 Å². The van der Waals surface area contributed by atoms with Crippen LogP contribution in [0.4, 0.5) is 5.00 Å². The predicted octanol–water partition coefficient (Wildman–Crippen LogP) is 3.99. The van der Waals surface area contributed by atoms with Crippen molar-refractivity contribution in [3.63, 3.8) is 0 Å². The molecule has 152 valence electrons. The molecule has 1 aliphatic carbocycles. The lowest BCUT2D eigenvalue weighted by Crippen LogP contribution is -2.30. The number of hydrogen-bond donors (Lipinski definition) is 2. The summed E-state index contributed by atoms with van der Waals surface area (Å²) in [6, 6.07) is 2.08. The Labute approximate surface area is 175 Å². The predicted molar refractivity (Wildman–Crippen MR) is 117 cm³/mol. The summed E-state index contributed by atoms with van der Waals surface area (Å²) < 4.78 is 7.05. The van der Waals surface area contributed by atoms with Gasteiger partial charge in [-0.25, -0.2) is 4.79 Å². The molecule has 3 rings (SSSR count). The maximum Gasteiger partial charge on any atom is 0.341 e. The third-order valence-electron chi connectivity index (χ3n) is 4.97. The normalized spacial score (nSPS) is 13.5. The van der Waals surface area contributed by atoms with Crippen molar-refractivity contribution in [1.82, 2.24) is 15.1 Å². The molecule has 0 saturated heterocycles. The Morgan fingerprint density at radius 1 is 1.32 bits per heavy atom. The second-order valence-electron chi connectivity index (χ2n) is 7.14. The highest BCUT2D eigenvalue weighted by molar-refractivity contribution is 7.80. The van der Waals surface area contributed by atoms with E-state index in [9.17, 15) is 4.79 Å². The summed E-state index contributed by atoms with van der Waals surface area (Å²) in [5.74, 6) is -0.283. The SMILES string of the molecule is COC(=O)c1c(NC(=S)NCCCn2nc(C)cc2C)sc2c1CCCCC2. The summed E-state index contributed by atoms with van der Waals surface area (Å²) in [7, 11) is 1.43. The van der Waals surface area contributed by atoms with Crippen LogP contribution in [0.15, 0.2) is 6.07 Å². The zero-order chi connectivity index (χ0) is 20.1. The number of thiocarbonyl (C=S) groups is 1. The topological polar surface area (TPSA) is 68.2 Å². The van der Waals surface area contributed by atoms with Gasteiger partial charge in [-0.1, -0.05) is 6.42 Å². The third kappa shape index (κ3) is 4.91. The van der Waals surface area contributed by atoms with E-state index < -0.39 is 0 Å². The van der Waals surface area contributed by atoms with Gasteiger partial charge >= 0.3 is 5.97 Å². The molecule has 1 aliphatic rings. The monoisotopic (exact) mass is 420 g/mol. The number of nitrogens with zero attached hydrogens (tertiary/aromatic N) is 2. The average Bonchev–Trinajstić information content (AvgIpc) is 3.06. The minimum absolute atomic E-state index is 0.283. The molecule has 28 heavy (non-hydrogen) atoms. The lowest BCUT2D eigenvalue weighted by atomic mass is 10.1. The maximum absolute atomic E-state index is 12.4. The molecule has 0 radical (unpaired) electrons. The number of aryl methyl sites for hydroxylation is 4. The Morgan fingerprint density at radius 3 is 2.82 bits per heavy atom. The highest BCUT2D eigenvalue weighted by atomic mass is 32.1. The third-order valence-corrected chi connectivity index (χ3v) is 6.43. The van der Waals surface area contributed by atoms with Gasteiger partial charge in [0.2, 0.25) is 0 Å². The second kappa shape index (κ2) is 9.52. The van der Waals surface area contributed by atoms with Crippen LogP contribution in [-0.4, -0.2) is 34.5 Å². The summed E-state index contributed by atoms with van der Waals surface area (Å²) in [5, 5.41) is 12.3. The van der Waals surface area contributed by atoms with Crippen molar-refractivity contribution in [2.24, 2.45) is 0 Å². The van der Waals surface area contributed by atoms with Crippen molar-refractivity contribution >= 4 is 39.6 Å². The number of ether oxygens (including phenoxy) is 1. The molecule has 2 heterocycles. The van der Waals surface area contributed by atoms with Gasteiger partial charge in [0, 0.05) is 23.7 Å². The van der Waals surface area contributed by atoms with Gasteiger partial charge in [-0.2, -0.15) is 5.10 Å². The van der Waals surface area contributed by atoms with E-state index in [0.29, 0.717) is 10.7 Å². The summed E-state index contributed by atoms with van der Waals surface area (Å²) in [4.78, 5) is 13.7. The van der Waals surface area contributed by atoms with E-state index in [-0.39, 0.29) is 5.97 Å². The van der Waals surface area contributed by atoms with Gasteiger partial charge in [-0.3, -0.25) is 4.68 Å². The molecule has 6 nitrogen and oxygen atoms in total. The van der Waals surface area contributed by atoms with Crippen LogP contribution in [0.2, 0.25) is 0 Å². The Hall–Kier alpha value is -1.93. The number of esters is 1. The Bertz CT molecular complexity index is 857.